The summed E-state index contributed by atoms with van der Waals surface area (Å²) in [5, 5.41) is 49.9. The summed E-state index contributed by atoms with van der Waals surface area (Å²) in [5.41, 5.74) is -0.0202. The molecule has 0 spiro atoms. The normalized spacial score (nSPS) is 15.8. The van der Waals surface area contributed by atoms with Crippen LogP contribution in [0.25, 0.3) is 0 Å². The van der Waals surface area contributed by atoms with E-state index in [-0.39, 0.29) is 31.6 Å². The van der Waals surface area contributed by atoms with Gasteiger partial charge in [0.15, 0.2) is 5.60 Å². The predicted octanol–water partition coefficient (Wildman–Crippen LogP) is 1.21. The van der Waals surface area contributed by atoms with Crippen LogP contribution in [0.4, 0.5) is 4.79 Å². The Balaban J connectivity index is 1.65. The molecular formula is C29H36N4O6. The molecule has 0 aliphatic heterocycles. The minimum Gasteiger partial charge on any atom is -0.465 e. The Kier molecular flexibility index (Phi) is 10.9. The molecule has 1 heterocycles. The number of benzene rings is 2. The number of aliphatic hydroxyl groups is 3. The number of carbonyl (C=O) groups excluding carboxylic acids is 1. The van der Waals surface area contributed by atoms with Gasteiger partial charge in [-0.15, -0.1) is 0 Å². The second-order valence-electron chi connectivity index (χ2n) is 9.60. The number of pyridine rings is 1. The summed E-state index contributed by atoms with van der Waals surface area (Å²) in [6.07, 6.45) is -1.38. The lowest BCUT2D eigenvalue weighted by molar-refractivity contribution is -0.141. The van der Waals surface area contributed by atoms with Gasteiger partial charge in [-0.2, -0.15) is 0 Å². The van der Waals surface area contributed by atoms with E-state index in [9.17, 15) is 30.0 Å². The first kappa shape index (κ1) is 29.7. The molecular weight excluding hydrogens is 500 g/mol. The van der Waals surface area contributed by atoms with Crippen LogP contribution in [0.15, 0.2) is 85.1 Å². The Hall–Kier alpha value is -3.83. The number of aliphatic hydroxyl groups excluding tert-OH is 2. The predicted molar refractivity (Wildman–Crippen MR) is 146 cm³/mol. The van der Waals surface area contributed by atoms with Crippen LogP contribution in [0.2, 0.25) is 0 Å². The van der Waals surface area contributed by atoms with Gasteiger partial charge in [0.1, 0.15) is 0 Å². The van der Waals surface area contributed by atoms with Gasteiger partial charge in [-0.25, -0.2) is 4.79 Å². The molecule has 0 bridgehead atoms. The van der Waals surface area contributed by atoms with E-state index in [1.54, 1.807) is 18.2 Å². The number of rotatable bonds is 14. The van der Waals surface area contributed by atoms with Crippen molar-refractivity contribution in [3.05, 3.63) is 102 Å². The Bertz CT molecular complexity index is 1160. The maximum atomic E-state index is 13.1. The third kappa shape index (κ3) is 9.15. The SMILES string of the molecule is CC(O)(C(=O)N[C@@H](Cc1ccccc1)C(O)CNC[C@@H](O)[C@H](Cc1ccccc1)NC(=O)O)c1ccccn1. The number of nitrogens with one attached hydrogen (secondary N) is 3. The number of nitrogens with zero attached hydrogens (tertiary/aromatic N) is 1. The van der Waals surface area contributed by atoms with E-state index in [1.807, 2.05) is 60.7 Å². The molecule has 0 aliphatic rings. The number of amides is 2. The molecule has 2 amide bonds. The van der Waals surface area contributed by atoms with Crippen LogP contribution in [-0.4, -0.2) is 74.8 Å². The summed E-state index contributed by atoms with van der Waals surface area (Å²) >= 11 is 0. The van der Waals surface area contributed by atoms with Crippen molar-refractivity contribution in [2.75, 3.05) is 13.1 Å². The van der Waals surface area contributed by atoms with Crippen molar-refractivity contribution in [1.29, 1.82) is 0 Å². The molecule has 0 radical (unpaired) electrons. The van der Waals surface area contributed by atoms with Crippen LogP contribution < -0.4 is 16.0 Å². The molecule has 5 atom stereocenters. The van der Waals surface area contributed by atoms with Gasteiger partial charge in [-0.1, -0.05) is 66.7 Å². The van der Waals surface area contributed by atoms with E-state index in [4.69, 9.17) is 0 Å². The third-order valence-corrected chi connectivity index (χ3v) is 6.46. The van der Waals surface area contributed by atoms with Gasteiger partial charge >= 0.3 is 6.09 Å². The van der Waals surface area contributed by atoms with E-state index >= 15 is 0 Å². The average molecular weight is 537 g/mol. The van der Waals surface area contributed by atoms with Gasteiger partial charge in [0.05, 0.1) is 30.0 Å². The summed E-state index contributed by atoms with van der Waals surface area (Å²) in [6.45, 7) is 1.33. The van der Waals surface area contributed by atoms with Gasteiger partial charge < -0.3 is 36.4 Å². The third-order valence-electron chi connectivity index (χ3n) is 6.46. The van der Waals surface area contributed by atoms with Crippen molar-refractivity contribution in [2.45, 2.75) is 49.7 Å². The second-order valence-corrected chi connectivity index (χ2v) is 9.60. The Morgan fingerprint density at radius 3 is 1.74 bits per heavy atom. The summed E-state index contributed by atoms with van der Waals surface area (Å²) in [4.78, 5) is 28.5. The molecule has 3 aromatic rings. The summed E-state index contributed by atoms with van der Waals surface area (Å²) in [7, 11) is 0. The fourth-order valence-electron chi connectivity index (χ4n) is 4.20. The highest BCUT2D eigenvalue weighted by atomic mass is 16.4. The quantitative estimate of drug-likeness (QED) is 0.162. The van der Waals surface area contributed by atoms with Crippen molar-refractivity contribution < 1.29 is 30.0 Å². The summed E-state index contributed by atoms with van der Waals surface area (Å²) in [5.74, 6) is -0.713. The zero-order valence-electron chi connectivity index (χ0n) is 21.8. The van der Waals surface area contributed by atoms with E-state index < -0.39 is 41.9 Å². The molecule has 39 heavy (non-hydrogen) atoms. The fraction of sp³-hybridized carbons (Fsp3) is 0.345. The van der Waals surface area contributed by atoms with Crippen molar-refractivity contribution in [1.82, 2.24) is 20.9 Å². The highest BCUT2D eigenvalue weighted by molar-refractivity contribution is 5.85. The largest absolute Gasteiger partial charge is 0.465 e. The first-order valence-corrected chi connectivity index (χ1v) is 12.8. The maximum absolute atomic E-state index is 13.1. The number of carboxylic acid groups (broad SMARTS) is 1. The van der Waals surface area contributed by atoms with Crippen molar-refractivity contribution in [3.63, 3.8) is 0 Å². The molecule has 1 aromatic heterocycles. The standard InChI is InChI=1S/C29H36N4O6/c1-29(39,26-14-8-9-15-31-26)27(36)32-22(16-20-10-4-2-5-11-20)24(34)18-30-19-25(35)23(33-28(37)38)17-21-12-6-3-7-13-21/h2-15,22-25,30,33-35,39H,16-19H2,1H3,(H,32,36)(H,37,38)/t22-,23-,24?,25+,29?/m0/s1. The summed E-state index contributed by atoms with van der Waals surface area (Å²) in [6, 6.07) is 21.8. The smallest absolute Gasteiger partial charge is 0.404 e. The molecule has 10 heteroatoms. The maximum Gasteiger partial charge on any atom is 0.404 e. The average Bonchev–Trinajstić information content (AvgIpc) is 2.93. The number of carbonyl (C=O) groups is 2. The summed E-state index contributed by atoms with van der Waals surface area (Å²) < 4.78 is 0. The highest BCUT2D eigenvalue weighted by Gasteiger charge is 2.36. The lowest BCUT2D eigenvalue weighted by Crippen LogP contribution is -2.55. The van der Waals surface area contributed by atoms with Crippen LogP contribution in [0.3, 0.4) is 0 Å². The zero-order valence-corrected chi connectivity index (χ0v) is 21.8. The van der Waals surface area contributed by atoms with Crippen molar-refractivity contribution in [2.24, 2.45) is 0 Å². The van der Waals surface area contributed by atoms with E-state index in [1.165, 1.54) is 13.1 Å². The molecule has 2 aromatic carbocycles. The molecule has 0 aliphatic carbocycles. The number of aromatic nitrogens is 1. The Labute approximate surface area is 227 Å². The monoisotopic (exact) mass is 536 g/mol. The van der Waals surface area contributed by atoms with E-state index in [0.29, 0.717) is 0 Å². The Morgan fingerprint density at radius 1 is 0.795 bits per heavy atom. The van der Waals surface area contributed by atoms with Crippen LogP contribution >= 0.6 is 0 Å². The lowest BCUT2D eigenvalue weighted by atomic mass is 9.96. The molecule has 7 N–H and O–H groups in total. The molecule has 208 valence electrons. The number of hydrogen-bond acceptors (Lipinski definition) is 7. The van der Waals surface area contributed by atoms with E-state index in [2.05, 4.69) is 20.9 Å². The number of hydrogen-bond donors (Lipinski definition) is 7. The molecule has 3 rings (SSSR count). The van der Waals surface area contributed by atoms with Gasteiger partial charge in [-0.3, -0.25) is 9.78 Å². The van der Waals surface area contributed by atoms with Crippen molar-refractivity contribution in [3.8, 4) is 0 Å². The first-order valence-electron chi connectivity index (χ1n) is 12.8. The van der Waals surface area contributed by atoms with E-state index in [0.717, 1.165) is 11.1 Å². The van der Waals surface area contributed by atoms with Gasteiger partial charge in [-0.05, 0) is 43.0 Å². The first-order chi connectivity index (χ1) is 18.7. The Morgan fingerprint density at radius 2 is 1.28 bits per heavy atom. The minimum absolute atomic E-state index is 0.00745. The molecule has 0 saturated carbocycles. The molecule has 0 fully saturated rings. The highest BCUT2D eigenvalue weighted by Crippen LogP contribution is 2.19. The van der Waals surface area contributed by atoms with Crippen LogP contribution in [0.5, 0.6) is 0 Å². The fourth-order valence-corrected chi connectivity index (χ4v) is 4.20. The second kappa shape index (κ2) is 14.4. The van der Waals surface area contributed by atoms with Gasteiger partial charge in [0.2, 0.25) is 0 Å². The van der Waals surface area contributed by atoms with Crippen molar-refractivity contribution >= 4 is 12.0 Å². The zero-order chi connectivity index (χ0) is 28.3. The minimum atomic E-state index is -1.92. The molecule has 0 saturated heterocycles. The molecule has 10 nitrogen and oxygen atoms in total. The van der Waals surface area contributed by atoms with Gasteiger partial charge in [0, 0.05) is 19.3 Å². The van der Waals surface area contributed by atoms with Crippen LogP contribution in [0.1, 0.15) is 23.7 Å². The lowest BCUT2D eigenvalue weighted by Gasteiger charge is -2.30. The van der Waals surface area contributed by atoms with Crippen LogP contribution in [-0.2, 0) is 23.2 Å². The topological polar surface area (TPSA) is 164 Å². The van der Waals surface area contributed by atoms with Gasteiger partial charge in [0.25, 0.3) is 5.91 Å². The van der Waals surface area contributed by atoms with Crippen LogP contribution in [0, 0.1) is 0 Å². The molecule has 2 unspecified atom stereocenters.